The van der Waals surface area contributed by atoms with E-state index in [1.807, 2.05) is 32.0 Å². The molecule has 2 aromatic carbocycles. The molecule has 0 aliphatic carbocycles. The van der Waals surface area contributed by atoms with Gasteiger partial charge in [0.25, 0.3) is 0 Å². The van der Waals surface area contributed by atoms with Crippen LogP contribution in [0.5, 0.6) is 0 Å². The van der Waals surface area contributed by atoms with Crippen molar-refractivity contribution in [3.05, 3.63) is 58.7 Å². The molecule has 154 valence electrons. The Kier molecular flexibility index (Phi) is 6.87. The van der Waals surface area contributed by atoms with Crippen molar-refractivity contribution in [3.8, 4) is 0 Å². The Bertz CT molecular complexity index is 863. The molecule has 0 bridgehead atoms. The van der Waals surface area contributed by atoms with E-state index in [2.05, 4.69) is 52.5 Å². The van der Waals surface area contributed by atoms with Crippen molar-refractivity contribution < 1.29 is 4.79 Å². The van der Waals surface area contributed by atoms with Crippen molar-refractivity contribution in [2.45, 2.75) is 27.7 Å². The van der Waals surface area contributed by atoms with Gasteiger partial charge >= 0.3 is 0 Å². The number of piperazine rings is 1. The van der Waals surface area contributed by atoms with Crippen LogP contribution in [0.1, 0.15) is 22.3 Å². The molecule has 1 fully saturated rings. The minimum Gasteiger partial charge on any atom is -0.346 e. The third kappa shape index (κ3) is 5.78. The SMILES string of the molecule is Cc1cc(C)cc(NC(=S)N2CCN(CC(=O)Nc3c(C)cccc3C)CC2)c1. The first-order valence-corrected chi connectivity index (χ1v) is 10.5. The summed E-state index contributed by atoms with van der Waals surface area (Å²) in [4.78, 5) is 16.9. The lowest BCUT2D eigenvalue weighted by atomic mass is 10.1. The number of carbonyl (C=O) groups excluding carboxylic acids is 1. The monoisotopic (exact) mass is 410 g/mol. The number of nitrogens with zero attached hydrogens (tertiary/aromatic N) is 2. The van der Waals surface area contributed by atoms with E-state index >= 15 is 0 Å². The fraction of sp³-hybridized carbons (Fsp3) is 0.391. The summed E-state index contributed by atoms with van der Waals surface area (Å²) in [6.45, 7) is 11.9. The van der Waals surface area contributed by atoms with Gasteiger partial charge in [0.1, 0.15) is 0 Å². The normalized spacial score (nSPS) is 14.6. The molecule has 0 saturated carbocycles. The third-order valence-corrected chi connectivity index (χ3v) is 5.61. The first-order valence-electron chi connectivity index (χ1n) is 10.0. The second-order valence-corrected chi connectivity index (χ2v) is 8.27. The quantitative estimate of drug-likeness (QED) is 0.750. The van der Waals surface area contributed by atoms with Crippen molar-refractivity contribution in [1.29, 1.82) is 0 Å². The number of rotatable bonds is 4. The Morgan fingerprint density at radius 3 is 2.10 bits per heavy atom. The molecule has 2 N–H and O–H groups in total. The average molecular weight is 411 g/mol. The van der Waals surface area contributed by atoms with Gasteiger partial charge in [-0.1, -0.05) is 24.3 Å². The number of thiocarbonyl (C=S) groups is 1. The lowest BCUT2D eigenvalue weighted by molar-refractivity contribution is -0.117. The average Bonchev–Trinajstić information content (AvgIpc) is 2.64. The smallest absolute Gasteiger partial charge is 0.238 e. The van der Waals surface area contributed by atoms with Gasteiger partial charge in [0.2, 0.25) is 5.91 Å². The Hall–Kier alpha value is -2.44. The van der Waals surface area contributed by atoms with Crippen molar-refractivity contribution in [3.63, 3.8) is 0 Å². The molecule has 1 amide bonds. The summed E-state index contributed by atoms with van der Waals surface area (Å²) in [5.74, 6) is 0.0341. The van der Waals surface area contributed by atoms with E-state index in [0.29, 0.717) is 6.54 Å². The molecule has 29 heavy (non-hydrogen) atoms. The van der Waals surface area contributed by atoms with Crippen LogP contribution >= 0.6 is 12.2 Å². The summed E-state index contributed by atoms with van der Waals surface area (Å²) in [6.07, 6.45) is 0. The maximum atomic E-state index is 12.5. The number of para-hydroxylation sites is 1. The zero-order valence-corrected chi connectivity index (χ0v) is 18.5. The number of carbonyl (C=O) groups is 1. The third-order valence-electron chi connectivity index (χ3n) is 5.25. The van der Waals surface area contributed by atoms with Gasteiger partial charge in [0, 0.05) is 37.6 Å². The highest BCUT2D eigenvalue weighted by atomic mass is 32.1. The van der Waals surface area contributed by atoms with Crippen molar-refractivity contribution in [2.75, 3.05) is 43.4 Å². The van der Waals surface area contributed by atoms with Crippen LogP contribution in [-0.4, -0.2) is 53.5 Å². The fourth-order valence-electron chi connectivity index (χ4n) is 3.75. The van der Waals surface area contributed by atoms with Gasteiger partial charge in [0.15, 0.2) is 5.11 Å². The summed E-state index contributed by atoms with van der Waals surface area (Å²) in [5.41, 5.74) is 6.57. The largest absolute Gasteiger partial charge is 0.346 e. The molecule has 6 heteroatoms. The Morgan fingerprint density at radius 2 is 1.52 bits per heavy atom. The lowest BCUT2D eigenvalue weighted by Gasteiger charge is -2.36. The molecule has 5 nitrogen and oxygen atoms in total. The maximum Gasteiger partial charge on any atom is 0.238 e. The van der Waals surface area contributed by atoms with Gasteiger partial charge in [-0.2, -0.15) is 0 Å². The van der Waals surface area contributed by atoms with E-state index in [1.165, 1.54) is 11.1 Å². The van der Waals surface area contributed by atoms with Crippen LogP contribution in [0.2, 0.25) is 0 Å². The molecule has 0 atom stereocenters. The molecular formula is C23H30N4OS. The first kappa shape index (κ1) is 21.3. The first-order chi connectivity index (χ1) is 13.8. The van der Waals surface area contributed by atoms with Crippen LogP contribution < -0.4 is 10.6 Å². The van der Waals surface area contributed by atoms with E-state index in [4.69, 9.17) is 12.2 Å². The van der Waals surface area contributed by atoms with Gasteiger partial charge in [-0.3, -0.25) is 9.69 Å². The number of benzene rings is 2. The van der Waals surface area contributed by atoms with Gasteiger partial charge in [-0.15, -0.1) is 0 Å². The minimum absolute atomic E-state index is 0.0341. The number of anilines is 2. The number of aryl methyl sites for hydroxylation is 4. The predicted octanol–water partition coefficient (Wildman–Crippen LogP) is 3.87. The van der Waals surface area contributed by atoms with Crippen LogP contribution in [-0.2, 0) is 4.79 Å². The molecule has 1 aliphatic heterocycles. The van der Waals surface area contributed by atoms with Crippen molar-refractivity contribution in [1.82, 2.24) is 9.80 Å². The van der Waals surface area contributed by atoms with Crippen LogP contribution in [0.3, 0.4) is 0 Å². The maximum absolute atomic E-state index is 12.5. The van der Waals surface area contributed by atoms with E-state index < -0.39 is 0 Å². The summed E-state index contributed by atoms with van der Waals surface area (Å²) in [6, 6.07) is 12.4. The zero-order valence-electron chi connectivity index (χ0n) is 17.7. The number of amides is 1. The van der Waals surface area contributed by atoms with E-state index in [1.54, 1.807) is 0 Å². The van der Waals surface area contributed by atoms with E-state index in [0.717, 1.165) is 53.8 Å². The molecule has 3 rings (SSSR count). The number of hydrogen-bond donors (Lipinski definition) is 2. The van der Waals surface area contributed by atoms with Gasteiger partial charge < -0.3 is 15.5 Å². The molecule has 1 aliphatic rings. The second kappa shape index (κ2) is 9.37. The summed E-state index contributed by atoms with van der Waals surface area (Å²) in [5, 5.41) is 7.17. The Balaban J connectivity index is 1.48. The summed E-state index contributed by atoms with van der Waals surface area (Å²) >= 11 is 5.60. The molecule has 1 heterocycles. The second-order valence-electron chi connectivity index (χ2n) is 7.88. The molecule has 0 radical (unpaired) electrons. The molecule has 1 saturated heterocycles. The van der Waals surface area contributed by atoms with Crippen molar-refractivity contribution in [2.24, 2.45) is 0 Å². The zero-order chi connectivity index (χ0) is 21.0. The highest BCUT2D eigenvalue weighted by Gasteiger charge is 2.21. The molecule has 0 aromatic heterocycles. The summed E-state index contributed by atoms with van der Waals surface area (Å²) in [7, 11) is 0. The number of nitrogens with one attached hydrogen (secondary N) is 2. The van der Waals surface area contributed by atoms with Crippen LogP contribution in [0.15, 0.2) is 36.4 Å². The van der Waals surface area contributed by atoms with E-state index in [9.17, 15) is 4.79 Å². The van der Waals surface area contributed by atoms with Crippen LogP contribution in [0.4, 0.5) is 11.4 Å². The molecule has 0 unspecified atom stereocenters. The van der Waals surface area contributed by atoms with Gasteiger partial charge in [0.05, 0.1) is 6.54 Å². The lowest BCUT2D eigenvalue weighted by Crippen LogP contribution is -2.51. The Morgan fingerprint density at radius 1 is 0.931 bits per heavy atom. The molecule has 0 spiro atoms. The Labute approximate surface area is 179 Å². The van der Waals surface area contributed by atoms with Gasteiger partial charge in [-0.05, 0) is 74.3 Å². The molecule has 2 aromatic rings. The van der Waals surface area contributed by atoms with Crippen LogP contribution in [0, 0.1) is 27.7 Å². The number of hydrogen-bond acceptors (Lipinski definition) is 3. The fourth-order valence-corrected chi connectivity index (χ4v) is 4.05. The summed E-state index contributed by atoms with van der Waals surface area (Å²) < 4.78 is 0. The van der Waals surface area contributed by atoms with Gasteiger partial charge in [-0.25, -0.2) is 0 Å². The predicted molar refractivity (Wildman–Crippen MR) is 125 cm³/mol. The van der Waals surface area contributed by atoms with E-state index in [-0.39, 0.29) is 5.91 Å². The van der Waals surface area contributed by atoms with Crippen molar-refractivity contribution >= 4 is 34.6 Å². The minimum atomic E-state index is 0.0341. The highest BCUT2D eigenvalue weighted by Crippen LogP contribution is 2.19. The highest BCUT2D eigenvalue weighted by molar-refractivity contribution is 7.80. The molecular weight excluding hydrogens is 380 g/mol. The van der Waals surface area contributed by atoms with Crippen LogP contribution in [0.25, 0.3) is 0 Å². The standard InChI is InChI=1S/C23H30N4OS/c1-16-12-17(2)14-20(13-16)24-23(29)27-10-8-26(9-11-27)15-21(28)25-22-18(3)6-5-7-19(22)4/h5-7,12-14H,8-11,15H2,1-4H3,(H,24,29)(H,25,28). The topological polar surface area (TPSA) is 47.6 Å².